The molecule has 0 aromatic heterocycles. The van der Waals surface area contributed by atoms with Gasteiger partial charge in [0.2, 0.25) is 0 Å². The summed E-state index contributed by atoms with van der Waals surface area (Å²) in [7, 11) is 0. The third-order valence-electron chi connectivity index (χ3n) is 3.18. The van der Waals surface area contributed by atoms with Crippen molar-refractivity contribution < 1.29 is 13.6 Å². The number of alkyl halides is 2. The predicted octanol–water partition coefficient (Wildman–Crippen LogP) is 4.12. The summed E-state index contributed by atoms with van der Waals surface area (Å²) < 4.78 is 25.4. The number of halogens is 2. The molecule has 2 nitrogen and oxygen atoms in total. The highest BCUT2D eigenvalue weighted by Gasteiger charge is 2.23. The Hall–Kier alpha value is -2.49. The summed E-state index contributed by atoms with van der Waals surface area (Å²) in [6.07, 6.45) is -0.884. The maximum Gasteiger partial charge on any atom is 0.263 e. The Labute approximate surface area is 114 Å². The Balaban J connectivity index is 2.04. The normalized spacial score (nSPS) is 15.6. The van der Waals surface area contributed by atoms with Crippen LogP contribution in [0.3, 0.4) is 0 Å². The van der Waals surface area contributed by atoms with E-state index in [9.17, 15) is 13.6 Å². The number of hydrogen-bond donors (Lipinski definition) is 1. The average Bonchev–Trinajstić information content (AvgIpc) is 2.76. The van der Waals surface area contributed by atoms with E-state index in [0.29, 0.717) is 11.1 Å². The van der Waals surface area contributed by atoms with Gasteiger partial charge in [-0.2, -0.15) is 0 Å². The van der Waals surface area contributed by atoms with Gasteiger partial charge in [0.1, 0.15) is 0 Å². The second kappa shape index (κ2) is 4.89. The molecule has 0 bridgehead atoms. The van der Waals surface area contributed by atoms with Gasteiger partial charge in [-0.3, -0.25) is 4.79 Å². The van der Waals surface area contributed by atoms with Crippen LogP contribution in [0.25, 0.3) is 11.6 Å². The van der Waals surface area contributed by atoms with E-state index in [0.717, 1.165) is 11.3 Å². The molecule has 1 heterocycles. The van der Waals surface area contributed by atoms with E-state index in [-0.39, 0.29) is 11.5 Å². The van der Waals surface area contributed by atoms with Gasteiger partial charge in [0.05, 0.1) is 0 Å². The number of carbonyl (C=O) groups is 1. The number of nitrogens with one attached hydrogen (secondary N) is 1. The Kier molecular flexibility index (Phi) is 3.06. The first kappa shape index (κ1) is 12.5. The van der Waals surface area contributed by atoms with Gasteiger partial charge in [-0.15, -0.1) is 0 Å². The van der Waals surface area contributed by atoms with Gasteiger partial charge in [0, 0.05) is 22.4 Å². The number of rotatable bonds is 2. The highest BCUT2D eigenvalue weighted by molar-refractivity contribution is 6.34. The summed E-state index contributed by atoms with van der Waals surface area (Å²) in [5.41, 5.74) is 2.57. The van der Waals surface area contributed by atoms with Crippen LogP contribution in [0.4, 0.5) is 14.5 Å². The van der Waals surface area contributed by atoms with E-state index in [1.165, 1.54) is 12.1 Å². The van der Waals surface area contributed by atoms with Crippen molar-refractivity contribution in [3.8, 4) is 0 Å². The monoisotopic (exact) mass is 271 g/mol. The molecule has 1 N–H and O–H groups in total. The molecule has 0 fully saturated rings. The molecule has 1 aliphatic rings. The van der Waals surface area contributed by atoms with Crippen molar-refractivity contribution in [3.63, 3.8) is 0 Å². The van der Waals surface area contributed by atoms with Gasteiger partial charge >= 0.3 is 0 Å². The highest BCUT2D eigenvalue weighted by Crippen LogP contribution is 2.33. The van der Waals surface area contributed by atoms with Crippen molar-refractivity contribution in [2.45, 2.75) is 6.43 Å². The fraction of sp³-hybridized carbons (Fsp3) is 0.0625. The first-order chi connectivity index (χ1) is 9.65. The number of para-hydroxylation sites is 1. The number of amides is 1. The van der Waals surface area contributed by atoms with Gasteiger partial charge < -0.3 is 5.32 Å². The van der Waals surface area contributed by atoms with Crippen LogP contribution in [0.15, 0.2) is 48.5 Å². The maximum atomic E-state index is 12.7. The Morgan fingerprint density at radius 3 is 2.65 bits per heavy atom. The molecule has 2 aromatic carbocycles. The fourth-order valence-electron chi connectivity index (χ4n) is 2.23. The van der Waals surface area contributed by atoms with E-state index >= 15 is 0 Å². The molecule has 4 heteroatoms. The Morgan fingerprint density at radius 2 is 1.85 bits per heavy atom. The second-order valence-electron chi connectivity index (χ2n) is 4.53. The van der Waals surface area contributed by atoms with Gasteiger partial charge in [0.15, 0.2) is 0 Å². The lowest BCUT2D eigenvalue weighted by Crippen LogP contribution is -2.03. The molecule has 2 aromatic rings. The zero-order valence-corrected chi connectivity index (χ0v) is 10.4. The van der Waals surface area contributed by atoms with Crippen LogP contribution in [0.5, 0.6) is 0 Å². The summed E-state index contributed by atoms with van der Waals surface area (Å²) in [5.74, 6) is -0.214. The van der Waals surface area contributed by atoms with E-state index in [2.05, 4.69) is 5.32 Å². The van der Waals surface area contributed by atoms with Crippen LogP contribution >= 0.6 is 0 Å². The number of anilines is 1. The number of fused-ring (bicyclic) bond motifs is 1. The smallest absolute Gasteiger partial charge is 0.263 e. The number of hydrogen-bond acceptors (Lipinski definition) is 1. The summed E-state index contributed by atoms with van der Waals surface area (Å²) in [5, 5.41) is 2.75. The van der Waals surface area contributed by atoms with Crippen LogP contribution < -0.4 is 5.32 Å². The molecule has 0 atom stereocenters. The van der Waals surface area contributed by atoms with Gasteiger partial charge in [-0.05, 0) is 23.8 Å². The molecular formula is C16H11F2NO. The van der Waals surface area contributed by atoms with Crippen molar-refractivity contribution in [2.24, 2.45) is 0 Å². The largest absolute Gasteiger partial charge is 0.321 e. The zero-order chi connectivity index (χ0) is 14.1. The average molecular weight is 271 g/mol. The standard InChI is InChI=1S/C16H11F2NO/c17-15(18)11-5-3-4-10(8-11)9-13-12-6-1-2-7-14(12)19-16(13)20/h1-9,15H,(H,19,20)/b13-9+. The maximum absolute atomic E-state index is 12.7. The zero-order valence-electron chi connectivity index (χ0n) is 10.4. The van der Waals surface area contributed by atoms with Crippen LogP contribution in [0, 0.1) is 0 Å². The molecular weight excluding hydrogens is 260 g/mol. The van der Waals surface area contributed by atoms with E-state index in [4.69, 9.17) is 0 Å². The molecule has 0 saturated carbocycles. The fourth-order valence-corrected chi connectivity index (χ4v) is 2.23. The number of carbonyl (C=O) groups excluding carboxylic acids is 1. The van der Waals surface area contributed by atoms with E-state index < -0.39 is 6.43 Å². The lowest BCUT2D eigenvalue weighted by Gasteiger charge is -2.02. The molecule has 1 amide bonds. The Bertz CT molecular complexity index is 707. The third kappa shape index (κ3) is 2.20. The molecule has 0 unspecified atom stereocenters. The molecule has 0 spiro atoms. The predicted molar refractivity (Wildman–Crippen MR) is 74.3 cm³/mol. The van der Waals surface area contributed by atoms with Crippen molar-refractivity contribution in [1.82, 2.24) is 0 Å². The lowest BCUT2D eigenvalue weighted by atomic mass is 10.0. The second-order valence-corrected chi connectivity index (χ2v) is 4.53. The van der Waals surface area contributed by atoms with Crippen molar-refractivity contribution >= 4 is 23.2 Å². The molecule has 3 rings (SSSR count). The van der Waals surface area contributed by atoms with Gasteiger partial charge in [-0.25, -0.2) is 8.78 Å². The minimum atomic E-state index is -2.52. The van der Waals surface area contributed by atoms with Crippen LogP contribution in [-0.2, 0) is 4.79 Å². The molecule has 20 heavy (non-hydrogen) atoms. The van der Waals surface area contributed by atoms with Crippen molar-refractivity contribution in [2.75, 3.05) is 5.32 Å². The Morgan fingerprint density at radius 1 is 1.05 bits per heavy atom. The van der Waals surface area contributed by atoms with Crippen LogP contribution in [-0.4, -0.2) is 5.91 Å². The van der Waals surface area contributed by atoms with E-state index in [1.807, 2.05) is 24.3 Å². The lowest BCUT2D eigenvalue weighted by molar-refractivity contribution is -0.110. The molecule has 0 saturated heterocycles. The summed E-state index contributed by atoms with van der Waals surface area (Å²) in [6, 6.07) is 13.3. The minimum Gasteiger partial charge on any atom is -0.321 e. The van der Waals surface area contributed by atoms with E-state index in [1.54, 1.807) is 18.2 Å². The van der Waals surface area contributed by atoms with Crippen molar-refractivity contribution in [1.29, 1.82) is 0 Å². The highest BCUT2D eigenvalue weighted by atomic mass is 19.3. The summed E-state index contributed by atoms with van der Waals surface area (Å²) in [4.78, 5) is 11.9. The SMILES string of the molecule is O=C1Nc2ccccc2/C1=C\c1cccc(C(F)F)c1. The van der Waals surface area contributed by atoms with Gasteiger partial charge in [-0.1, -0.05) is 36.4 Å². The van der Waals surface area contributed by atoms with Crippen LogP contribution in [0.1, 0.15) is 23.1 Å². The first-order valence-electron chi connectivity index (χ1n) is 6.16. The molecule has 1 aliphatic heterocycles. The van der Waals surface area contributed by atoms with Crippen LogP contribution in [0.2, 0.25) is 0 Å². The minimum absolute atomic E-state index is 0.0500. The molecule has 100 valence electrons. The first-order valence-corrected chi connectivity index (χ1v) is 6.16. The molecule has 0 radical (unpaired) electrons. The van der Waals surface area contributed by atoms with Gasteiger partial charge in [0.25, 0.3) is 12.3 Å². The topological polar surface area (TPSA) is 29.1 Å². The van der Waals surface area contributed by atoms with Crippen molar-refractivity contribution in [3.05, 3.63) is 65.2 Å². The quantitative estimate of drug-likeness (QED) is 0.818. The third-order valence-corrected chi connectivity index (χ3v) is 3.18. The summed E-state index contributed by atoms with van der Waals surface area (Å²) in [6.45, 7) is 0. The summed E-state index contributed by atoms with van der Waals surface area (Å²) >= 11 is 0. The number of benzene rings is 2. The molecule has 0 aliphatic carbocycles.